The summed E-state index contributed by atoms with van der Waals surface area (Å²) in [4.78, 5) is 8.65. The Kier molecular flexibility index (Phi) is 8.02. The Labute approximate surface area is 163 Å². The lowest BCUT2D eigenvalue weighted by molar-refractivity contribution is 0.283. The van der Waals surface area contributed by atoms with Crippen LogP contribution in [0.4, 0.5) is 0 Å². The van der Waals surface area contributed by atoms with Gasteiger partial charge in [-0.3, -0.25) is 4.99 Å². The smallest absolute Gasteiger partial charge is 0.213 e. The summed E-state index contributed by atoms with van der Waals surface area (Å²) in [7, 11) is 1.80. The predicted molar refractivity (Wildman–Crippen MR) is 110 cm³/mol. The molecule has 2 N–H and O–H groups in total. The van der Waals surface area contributed by atoms with E-state index in [4.69, 9.17) is 4.42 Å². The van der Waals surface area contributed by atoms with Crippen molar-refractivity contribution in [1.82, 2.24) is 15.6 Å². The number of aliphatic imine (C=N–C) groups is 1. The lowest BCUT2D eigenvalue weighted by Gasteiger charge is -2.28. The van der Waals surface area contributed by atoms with Gasteiger partial charge in [-0.2, -0.15) is 0 Å². The fraction of sp³-hybridized carbons (Fsp3) is 0.778. The molecule has 1 aromatic rings. The summed E-state index contributed by atoms with van der Waals surface area (Å²) >= 11 is 0. The molecule has 0 aromatic carbocycles. The van der Waals surface area contributed by atoms with E-state index in [1.807, 2.05) is 6.20 Å². The third-order valence-corrected chi connectivity index (χ3v) is 4.97. The monoisotopic (exact) mass is 448 g/mol. The molecule has 5 nitrogen and oxygen atoms in total. The molecule has 1 fully saturated rings. The normalized spacial score (nSPS) is 17.5. The summed E-state index contributed by atoms with van der Waals surface area (Å²) in [6.07, 6.45) is 8.40. The summed E-state index contributed by atoms with van der Waals surface area (Å²) < 4.78 is 5.81. The Morgan fingerprint density at radius 1 is 1.29 bits per heavy atom. The van der Waals surface area contributed by atoms with Crippen LogP contribution in [0, 0.1) is 5.41 Å². The summed E-state index contributed by atoms with van der Waals surface area (Å²) in [6.45, 7) is 10.2. The maximum Gasteiger partial charge on any atom is 0.213 e. The van der Waals surface area contributed by atoms with Gasteiger partial charge in [0.2, 0.25) is 5.89 Å². The third kappa shape index (κ3) is 5.63. The van der Waals surface area contributed by atoms with Gasteiger partial charge >= 0.3 is 0 Å². The van der Waals surface area contributed by atoms with Crippen LogP contribution in [-0.2, 0) is 12.0 Å². The van der Waals surface area contributed by atoms with Crippen molar-refractivity contribution in [3.63, 3.8) is 0 Å². The van der Waals surface area contributed by atoms with E-state index in [2.05, 4.69) is 48.3 Å². The van der Waals surface area contributed by atoms with Crippen LogP contribution in [0.25, 0.3) is 0 Å². The molecule has 0 unspecified atom stereocenters. The molecule has 0 spiro atoms. The van der Waals surface area contributed by atoms with E-state index < -0.39 is 0 Å². The number of nitrogens with one attached hydrogen (secondary N) is 2. The minimum absolute atomic E-state index is 0. The van der Waals surface area contributed by atoms with E-state index in [1.165, 1.54) is 32.1 Å². The van der Waals surface area contributed by atoms with E-state index in [-0.39, 0.29) is 29.4 Å². The fourth-order valence-corrected chi connectivity index (χ4v) is 3.17. The molecule has 2 rings (SSSR count). The van der Waals surface area contributed by atoms with Gasteiger partial charge in [-0.1, -0.05) is 40.5 Å². The molecule has 0 atom stereocenters. The Balaban J connectivity index is 0.00000288. The number of rotatable bonds is 5. The van der Waals surface area contributed by atoms with E-state index in [0.717, 1.165) is 18.3 Å². The van der Waals surface area contributed by atoms with Crippen molar-refractivity contribution in [3.8, 4) is 0 Å². The zero-order chi connectivity index (χ0) is 16.9. The van der Waals surface area contributed by atoms with Crippen molar-refractivity contribution in [2.24, 2.45) is 10.4 Å². The summed E-state index contributed by atoms with van der Waals surface area (Å²) in [5.41, 5.74) is 0.432. The fourth-order valence-electron chi connectivity index (χ4n) is 3.17. The molecule has 0 radical (unpaired) electrons. The molecule has 6 heteroatoms. The first kappa shape index (κ1) is 21.3. The maximum absolute atomic E-state index is 5.81. The number of nitrogens with zero attached hydrogens (tertiary/aromatic N) is 2. The van der Waals surface area contributed by atoms with E-state index in [9.17, 15) is 0 Å². The number of hydrogen-bond donors (Lipinski definition) is 2. The average molecular weight is 448 g/mol. The minimum atomic E-state index is -0.0127. The highest BCUT2D eigenvalue weighted by atomic mass is 127. The maximum atomic E-state index is 5.81. The second kappa shape index (κ2) is 9.06. The number of aromatic nitrogens is 1. The first-order chi connectivity index (χ1) is 10.9. The van der Waals surface area contributed by atoms with E-state index in [0.29, 0.717) is 17.9 Å². The Bertz CT molecular complexity index is 527. The molecule has 1 aliphatic carbocycles. The van der Waals surface area contributed by atoms with Crippen molar-refractivity contribution in [2.45, 2.75) is 71.8 Å². The quantitative estimate of drug-likeness (QED) is 0.402. The highest BCUT2D eigenvalue weighted by molar-refractivity contribution is 14.0. The zero-order valence-corrected chi connectivity index (χ0v) is 18.1. The molecule has 0 bridgehead atoms. The van der Waals surface area contributed by atoms with Crippen LogP contribution >= 0.6 is 24.0 Å². The molecule has 1 saturated carbocycles. The molecule has 0 amide bonds. The van der Waals surface area contributed by atoms with Gasteiger partial charge in [0.25, 0.3) is 0 Å². The van der Waals surface area contributed by atoms with E-state index >= 15 is 0 Å². The number of halogens is 1. The van der Waals surface area contributed by atoms with Gasteiger partial charge in [-0.05, 0) is 24.7 Å². The molecule has 1 heterocycles. The number of guanidine groups is 1. The van der Waals surface area contributed by atoms with Crippen LogP contribution < -0.4 is 10.6 Å². The second-order valence-electron chi connectivity index (χ2n) is 7.71. The minimum Gasteiger partial charge on any atom is -0.443 e. The van der Waals surface area contributed by atoms with Gasteiger partial charge in [-0.25, -0.2) is 4.98 Å². The SMILES string of the molecule is CCC1(CNC(=NC)NCc2ncc(C(C)(C)C)o2)CCCC1.I. The van der Waals surface area contributed by atoms with Crippen LogP contribution in [0.1, 0.15) is 71.5 Å². The van der Waals surface area contributed by atoms with Crippen LogP contribution in [0.3, 0.4) is 0 Å². The highest BCUT2D eigenvalue weighted by Crippen LogP contribution is 2.40. The molecular weight excluding hydrogens is 415 g/mol. The third-order valence-electron chi connectivity index (χ3n) is 4.97. The number of oxazole rings is 1. The molecule has 1 aromatic heterocycles. The van der Waals surface area contributed by atoms with Gasteiger partial charge in [0, 0.05) is 19.0 Å². The van der Waals surface area contributed by atoms with Gasteiger partial charge in [0.05, 0.1) is 12.7 Å². The van der Waals surface area contributed by atoms with Crippen molar-refractivity contribution >= 4 is 29.9 Å². The van der Waals surface area contributed by atoms with Crippen molar-refractivity contribution in [1.29, 1.82) is 0 Å². The molecule has 0 saturated heterocycles. The van der Waals surface area contributed by atoms with Crippen molar-refractivity contribution in [3.05, 3.63) is 17.8 Å². The van der Waals surface area contributed by atoms with Crippen LogP contribution in [0.15, 0.2) is 15.6 Å². The first-order valence-electron chi connectivity index (χ1n) is 8.78. The summed E-state index contributed by atoms with van der Waals surface area (Å²) in [6, 6.07) is 0. The predicted octanol–water partition coefficient (Wildman–Crippen LogP) is 4.23. The molecule has 138 valence electrons. The largest absolute Gasteiger partial charge is 0.443 e. The molecule has 1 aliphatic rings. The van der Waals surface area contributed by atoms with Crippen LogP contribution in [-0.4, -0.2) is 24.5 Å². The van der Waals surface area contributed by atoms with Gasteiger partial charge in [0.1, 0.15) is 5.76 Å². The standard InChI is InChI=1S/C18H32N4O.HI/c1-6-18(9-7-8-10-18)13-22-16(19-5)21-12-15-20-11-14(23-15)17(2,3)4;/h11H,6-10,12-13H2,1-5H3,(H2,19,21,22);1H. The summed E-state index contributed by atoms with van der Waals surface area (Å²) in [5.74, 6) is 2.43. The van der Waals surface area contributed by atoms with Crippen LogP contribution in [0.5, 0.6) is 0 Å². The molecular formula is C18H33IN4O. The first-order valence-corrected chi connectivity index (χ1v) is 8.78. The zero-order valence-electron chi connectivity index (χ0n) is 15.7. The Hall–Kier alpha value is -0.790. The highest BCUT2D eigenvalue weighted by Gasteiger charge is 2.31. The topological polar surface area (TPSA) is 62.5 Å². The van der Waals surface area contributed by atoms with Gasteiger partial charge in [-0.15, -0.1) is 24.0 Å². The lowest BCUT2D eigenvalue weighted by Crippen LogP contribution is -2.42. The van der Waals surface area contributed by atoms with Crippen LogP contribution in [0.2, 0.25) is 0 Å². The lowest BCUT2D eigenvalue weighted by atomic mass is 9.83. The van der Waals surface area contributed by atoms with Gasteiger partial charge < -0.3 is 15.1 Å². The number of hydrogen-bond acceptors (Lipinski definition) is 3. The molecule has 24 heavy (non-hydrogen) atoms. The summed E-state index contributed by atoms with van der Waals surface area (Å²) in [5, 5.41) is 6.78. The van der Waals surface area contributed by atoms with Gasteiger partial charge in [0.15, 0.2) is 5.96 Å². The average Bonchev–Trinajstić information content (AvgIpc) is 3.16. The second-order valence-corrected chi connectivity index (χ2v) is 7.71. The van der Waals surface area contributed by atoms with Crippen molar-refractivity contribution < 1.29 is 4.42 Å². The Morgan fingerprint density at radius 2 is 1.96 bits per heavy atom. The van der Waals surface area contributed by atoms with Crippen molar-refractivity contribution in [2.75, 3.05) is 13.6 Å². The van der Waals surface area contributed by atoms with E-state index in [1.54, 1.807) is 7.05 Å². The molecule has 0 aliphatic heterocycles. The Morgan fingerprint density at radius 3 is 2.46 bits per heavy atom.